The summed E-state index contributed by atoms with van der Waals surface area (Å²) in [5, 5.41) is 11.1. The third-order valence-corrected chi connectivity index (χ3v) is 6.27. The Morgan fingerprint density at radius 2 is 1.09 bits per heavy atom. The lowest BCUT2D eigenvalue weighted by atomic mass is 9.98. The summed E-state index contributed by atoms with van der Waals surface area (Å²) in [6.07, 6.45) is -2.29. The highest BCUT2D eigenvalue weighted by Gasteiger charge is 2.54. The van der Waals surface area contributed by atoms with Gasteiger partial charge in [-0.3, -0.25) is 0 Å². The van der Waals surface area contributed by atoms with Crippen molar-refractivity contribution < 1.29 is 24.1 Å². The van der Waals surface area contributed by atoms with Gasteiger partial charge in [0.15, 0.2) is 6.10 Å². The van der Waals surface area contributed by atoms with Crippen LogP contribution >= 0.6 is 15.9 Å². The molecule has 1 heterocycles. The van der Waals surface area contributed by atoms with E-state index >= 15 is 0 Å². The first-order chi connectivity index (χ1) is 16.0. The minimum absolute atomic E-state index is 0.299. The molecule has 1 fully saturated rings. The number of aliphatic hydroxyl groups is 1. The predicted octanol–water partition coefficient (Wildman–Crippen LogP) is 5.20. The maximum atomic E-state index is 11.1. The van der Waals surface area contributed by atoms with Crippen molar-refractivity contribution in [2.75, 3.05) is 0 Å². The fourth-order valence-electron chi connectivity index (χ4n) is 3.94. The van der Waals surface area contributed by atoms with Gasteiger partial charge in [-0.1, -0.05) is 91.0 Å². The zero-order valence-electron chi connectivity index (χ0n) is 18.5. The molecule has 0 bridgehead atoms. The van der Waals surface area contributed by atoms with Crippen molar-refractivity contribution in [2.24, 2.45) is 0 Å². The number of hydrogen-bond acceptors (Lipinski definition) is 5. The number of rotatable bonds is 9. The van der Waals surface area contributed by atoms with Crippen LogP contribution in [0.5, 0.6) is 0 Å². The van der Waals surface area contributed by atoms with E-state index in [0.29, 0.717) is 19.8 Å². The van der Waals surface area contributed by atoms with Crippen molar-refractivity contribution in [2.45, 2.75) is 55.9 Å². The van der Waals surface area contributed by atoms with E-state index in [1.54, 1.807) is 0 Å². The second-order valence-electron chi connectivity index (χ2n) is 8.17. The second-order valence-corrected chi connectivity index (χ2v) is 9.31. The van der Waals surface area contributed by atoms with Gasteiger partial charge in [0.1, 0.15) is 12.2 Å². The summed E-state index contributed by atoms with van der Waals surface area (Å²) in [6, 6.07) is 29.7. The molecule has 0 spiro atoms. The van der Waals surface area contributed by atoms with Crippen molar-refractivity contribution in [1.29, 1.82) is 0 Å². The minimum Gasteiger partial charge on any atom is -0.368 e. The molecule has 3 aromatic carbocycles. The van der Waals surface area contributed by atoms with Crippen LogP contribution in [0.3, 0.4) is 0 Å². The van der Waals surface area contributed by atoms with Gasteiger partial charge in [-0.15, -0.1) is 0 Å². The van der Waals surface area contributed by atoms with E-state index in [1.165, 1.54) is 0 Å². The highest BCUT2D eigenvalue weighted by Crippen LogP contribution is 2.38. The van der Waals surface area contributed by atoms with Crippen LogP contribution in [-0.4, -0.2) is 34.2 Å². The van der Waals surface area contributed by atoms with E-state index in [0.717, 1.165) is 16.7 Å². The Balaban J connectivity index is 1.55. The minimum atomic E-state index is -1.71. The Morgan fingerprint density at radius 3 is 1.55 bits per heavy atom. The Hall–Kier alpha value is -2.06. The van der Waals surface area contributed by atoms with E-state index in [-0.39, 0.29) is 0 Å². The average Bonchev–Trinajstić information content (AvgIpc) is 2.83. The number of ether oxygens (including phenoxy) is 4. The summed E-state index contributed by atoms with van der Waals surface area (Å²) in [4.78, 5) is 0. The maximum Gasteiger partial charge on any atom is 0.254 e. The largest absolute Gasteiger partial charge is 0.368 e. The molecule has 174 valence electrons. The van der Waals surface area contributed by atoms with E-state index in [4.69, 9.17) is 18.9 Å². The van der Waals surface area contributed by atoms with Gasteiger partial charge < -0.3 is 24.1 Å². The first kappa shape index (κ1) is 24.1. The second kappa shape index (κ2) is 11.4. The van der Waals surface area contributed by atoms with E-state index in [2.05, 4.69) is 15.9 Å². The topological polar surface area (TPSA) is 57.2 Å². The molecule has 4 rings (SSSR count). The fraction of sp³-hybridized carbons (Fsp3) is 0.333. The lowest BCUT2D eigenvalue weighted by Crippen LogP contribution is -2.63. The average molecular weight is 513 g/mol. The Kier molecular flexibility index (Phi) is 8.30. The van der Waals surface area contributed by atoms with Crippen LogP contribution in [-0.2, 0) is 38.8 Å². The molecule has 0 aliphatic carbocycles. The number of halogens is 1. The third-order valence-electron chi connectivity index (χ3n) is 5.63. The van der Waals surface area contributed by atoms with Crippen molar-refractivity contribution in [3.8, 4) is 0 Å². The van der Waals surface area contributed by atoms with Gasteiger partial charge in [0, 0.05) is 0 Å². The fourth-order valence-corrected chi connectivity index (χ4v) is 4.63. The highest BCUT2D eigenvalue weighted by atomic mass is 79.9. The molecule has 1 saturated heterocycles. The van der Waals surface area contributed by atoms with Crippen molar-refractivity contribution in [3.63, 3.8) is 0 Å². The Bertz CT molecular complexity index is 968. The third kappa shape index (κ3) is 6.51. The van der Waals surface area contributed by atoms with Crippen LogP contribution in [0.4, 0.5) is 0 Å². The molecular formula is C27H29BrO5. The van der Waals surface area contributed by atoms with Gasteiger partial charge in [0.25, 0.3) is 4.70 Å². The quantitative estimate of drug-likeness (QED) is 0.399. The zero-order valence-corrected chi connectivity index (χ0v) is 20.1. The number of hydrogen-bond donors (Lipinski definition) is 1. The van der Waals surface area contributed by atoms with Crippen LogP contribution in [0, 0.1) is 0 Å². The Morgan fingerprint density at radius 1 is 0.697 bits per heavy atom. The first-order valence-electron chi connectivity index (χ1n) is 11.1. The molecule has 0 saturated carbocycles. The summed E-state index contributed by atoms with van der Waals surface area (Å²) >= 11 is 3.34. The molecule has 1 aliphatic rings. The molecule has 0 radical (unpaired) electrons. The zero-order chi connectivity index (χ0) is 23.1. The summed E-state index contributed by atoms with van der Waals surface area (Å²) in [7, 11) is 0. The Labute approximate surface area is 203 Å². The molecule has 0 unspecified atom stereocenters. The smallest absolute Gasteiger partial charge is 0.254 e. The monoisotopic (exact) mass is 512 g/mol. The van der Waals surface area contributed by atoms with Gasteiger partial charge in [0.05, 0.1) is 25.9 Å². The van der Waals surface area contributed by atoms with Crippen LogP contribution in [0.25, 0.3) is 0 Å². The van der Waals surface area contributed by atoms with Crippen molar-refractivity contribution in [3.05, 3.63) is 108 Å². The van der Waals surface area contributed by atoms with E-state index < -0.39 is 29.1 Å². The van der Waals surface area contributed by atoms with E-state index in [1.807, 2.05) is 97.9 Å². The molecule has 0 aromatic heterocycles. The van der Waals surface area contributed by atoms with Crippen LogP contribution in [0.15, 0.2) is 91.0 Å². The molecule has 5 nitrogen and oxygen atoms in total. The molecule has 3 aromatic rings. The predicted molar refractivity (Wildman–Crippen MR) is 129 cm³/mol. The summed E-state index contributed by atoms with van der Waals surface area (Å²) in [5.74, 6) is 0. The van der Waals surface area contributed by atoms with Gasteiger partial charge in [-0.2, -0.15) is 0 Å². The van der Waals surface area contributed by atoms with Gasteiger partial charge in [0.2, 0.25) is 0 Å². The molecule has 5 atom stereocenters. The molecule has 1 N–H and O–H groups in total. The van der Waals surface area contributed by atoms with Crippen LogP contribution in [0.2, 0.25) is 0 Å². The van der Waals surface area contributed by atoms with Gasteiger partial charge in [-0.25, -0.2) is 0 Å². The van der Waals surface area contributed by atoms with Crippen molar-refractivity contribution >= 4 is 15.9 Å². The SMILES string of the molecule is C[C@@H]1O[C@](O)(Br)[C@@H](OCc2ccccc2)[C@H](OCc2ccccc2)[C@@H]1OCc1ccccc1. The molecular weight excluding hydrogens is 484 g/mol. The standard InChI is InChI=1S/C27H29BrO5/c1-20-24(30-17-21-11-5-2-6-12-21)25(31-18-22-13-7-3-8-14-22)26(27(28,29)33-20)32-19-23-15-9-4-10-16-23/h2-16,20,24-26,29H,17-19H2,1H3/t20-,24+,25+,26-,27-/m0/s1. The highest BCUT2D eigenvalue weighted by molar-refractivity contribution is 9.10. The number of benzene rings is 3. The van der Waals surface area contributed by atoms with Gasteiger partial charge >= 0.3 is 0 Å². The molecule has 1 aliphatic heterocycles. The first-order valence-corrected chi connectivity index (χ1v) is 11.9. The lowest BCUT2D eigenvalue weighted by molar-refractivity contribution is -0.321. The summed E-state index contributed by atoms with van der Waals surface area (Å²) in [6.45, 7) is 2.93. The normalized spacial score (nSPS) is 27.4. The maximum absolute atomic E-state index is 11.1. The van der Waals surface area contributed by atoms with E-state index in [9.17, 15) is 5.11 Å². The van der Waals surface area contributed by atoms with Gasteiger partial charge in [-0.05, 0) is 39.5 Å². The van der Waals surface area contributed by atoms with Crippen LogP contribution in [0.1, 0.15) is 23.6 Å². The lowest BCUT2D eigenvalue weighted by Gasteiger charge is -2.47. The summed E-state index contributed by atoms with van der Waals surface area (Å²) < 4.78 is 23.0. The molecule has 33 heavy (non-hydrogen) atoms. The number of alkyl halides is 1. The van der Waals surface area contributed by atoms with Crippen LogP contribution < -0.4 is 0 Å². The van der Waals surface area contributed by atoms with Crippen molar-refractivity contribution in [1.82, 2.24) is 0 Å². The summed E-state index contributed by atoms with van der Waals surface area (Å²) in [5.41, 5.74) is 3.06. The molecule has 6 heteroatoms. The molecule has 0 amide bonds.